The number of ether oxygens (including phenoxy) is 1. The number of carbonyl (C=O) groups excluding carboxylic acids is 4. The van der Waals surface area contributed by atoms with Gasteiger partial charge in [-0.25, -0.2) is 9.59 Å². The smallest absolute Gasteiger partial charge is 0.407 e. The fraction of sp³-hybridized carbons (Fsp3) is 0.152. The van der Waals surface area contributed by atoms with Crippen LogP contribution in [0, 0.1) is 0 Å². The largest absolute Gasteiger partial charge is 0.449 e. The van der Waals surface area contributed by atoms with E-state index in [1.165, 1.54) is 12.1 Å². The number of carbonyl (C=O) groups is 4. The van der Waals surface area contributed by atoms with Crippen molar-refractivity contribution in [2.24, 2.45) is 0 Å². The van der Waals surface area contributed by atoms with Gasteiger partial charge in [-0.05, 0) is 52.8 Å². The van der Waals surface area contributed by atoms with Crippen molar-refractivity contribution in [2.45, 2.75) is 24.8 Å². The van der Waals surface area contributed by atoms with Gasteiger partial charge >= 0.3 is 12.1 Å². The van der Waals surface area contributed by atoms with E-state index >= 15 is 0 Å². The molecule has 2 aliphatic rings. The normalized spacial score (nSPS) is 14.2. The van der Waals surface area contributed by atoms with E-state index in [0.29, 0.717) is 11.5 Å². The second-order valence-electron chi connectivity index (χ2n) is 9.91. The summed E-state index contributed by atoms with van der Waals surface area (Å²) in [5, 5.41) is 3.05. The molecule has 8 heteroatoms. The van der Waals surface area contributed by atoms with Crippen LogP contribution in [0.2, 0.25) is 0 Å². The van der Waals surface area contributed by atoms with Crippen molar-refractivity contribution in [3.05, 3.63) is 131 Å². The summed E-state index contributed by atoms with van der Waals surface area (Å²) in [4.78, 5) is 57.0. The van der Waals surface area contributed by atoms with Crippen LogP contribution in [0.5, 0.6) is 0 Å². The number of nitrogens with zero attached hydrogens (tertiary/aromatic N) is 1. The molecule has 41 heavy (non-hydrogen) atoms. The van der Waals surface area contributed by atoms with Crippen LogP contribution >= 0.6 is 0 Å². The lowest BCUT2D eigenvalue weighted by atomic mass is 9.98. The van der Waals surface area contributed by atoms with Crippen LogP contribution in [-0.2, 0) is 20.8 Å². The highest BCUT2D eigenvalue weighted by molar-refractivity contribution is 6.21. The van der Waals surface area contributed by atoms with Gasteiger partial charge in [-0.1, -0.05) is 96.1 Å². The summed E-state index contributed by atoms with van der Waals surface area (Å²) in [7, 11) is 0. The number of hydroxylamine groups is 2. The predicted molar refractivity (Wildman–Crippen MR) is 150 cm³/mol. The summed E-state index contributed by atoms with van der Waals surface area (Å²) in [5.41, 5.74) is 5.57. The Hall–Kier alpha value is -5.24. The second kappa shape index (κ2) is 11.1. The molecule has 204 valence electrons. The zero-order chi connectivity index (χ0) is 28.3. The summed E-state index contributed by atoms with van der Waals surface area (Å²) in [6, 6.07) is 30.5. The Kier molecular flexibility index (Phi) is 7.04. The van der Waals surface area contributed by atoms with E-state index in [0.717, 1.165) is 27.8 Å². The first-order valence-electron chi connectivity index (χ1n) is 13.4. The van der Waals surface area contributed by atoms with E-state index < -0.39 is 29.9 Å². The van der Waals surface area contributed by atoms with E-state index in [2.05, 4.69) is 5.32 Å². The van der Waals surface area contributed by atoms with Gasteiger partial charge in [-0.2, -0.15) is 0 Å². The maximum Gasteiger partial charge on any atom is 0.407 e. The lowest BCUT2D eigenvalue weighted by Crippen LogP contribution is -2.46. The van der Waals surface area contributed by atoms with Crippen molar-refractivity contribution in [3.63, 3.8) is 0 Å². The summed E-state index contributed by atoms with van der Waals surface area (Å²) in [6.07, 6.45) is -0.202. The molecule has 8 nitrogen and oxygen atoms in total. The molecule has 0 radical (unpaired) electrons. The standard InChI is InChI=1S/C33H26N2O6/c36-30-26-16-8-9-17-27(26)31(37)35(30)41-32(38)29(19-18-21-10-2-1-3-11-21)34-33(39)40-20-28-24-14-6-4-12-22(24)23-13-5-7-15-25(23)28/h1-17,28-29H,18-20H2,(H,34,39)/t29-/m0/s1. The lowest BCUT2D eigenvalue weighted by molar-refractivity contribution is -0.171. The van der Waals surface area contributed by atoms with Crippen molar-refractivity contribution in [3.8, 4) is 11.1 Å². The molecule has 0 spiro atoms. The molecule has 1 aliphatic carbocycles. The number of benzene rings is 4. The predicted octanol–water partition coefficient (Wildman–Crippen LogP) is 5.28. The topological polar surface area (TPSA) is 102 Å². The molecule has 6 rings (SSSR count). The maximum atomic E-state index is 13.2. The maximum absolute atomic E-state index is 13.2. The molecule has 0 unspecified atom stereocenters. The first kappa shape index (κ1) is 26.0. The molecule has 0 saturated carbocycles. The molecule has 1 atom stereocenters. The van der Waals surface area contributed by atoms with Crippen LogP contribution in [0.3, 0.4) is 0 Å². The third-order valence-electron chi connectivity index (χ3n) is 7.42. The van der Waals surface area contributed by atoms with Crippen molar-refractivity contribution in [2.75, 3.05) is 6.61 Å². The minimum atomic E-state index is -1.17. The van der Waals surface area contributed by atoms with E-state index in [-0.39, 0.29) is 30.1 Å². The number of imide groups is 1. The molecule has 1 heterocycles. The quantitative estimate of drug-likeness (QED) is 0.302. The third-order valence-corrected chi connectivity index (χ3v) is 7.42. The molecule has 3 amide bonds. The molecule has 4 aromatic rings. The fourth-order valence-electron chi connectivity index (χ4n) is 5.39. The monoisotopic (exact) mass is 546 g/mol. The van der Waals surface area contributed by atoms with Crippen molar-refractivity contribution < 1.29 is 28.8 Å². The number of alkyl carbamates (subject to hydrolysis) is 1. The molecule has 0 fully saturated rings. The zero-order valence-corrected chi connectivity index (χ0v) is 22.0. The number of hydrogen-bond donors (Lipinski definition) is 1. The van der Waals surface area contributed by atoms with E-state index in [4.69, 9.17) is 9.57 Å². The number of hydrogen-bond acceptors (Lipinski definition) is 6. The van der Waals surface area contributed by atoms with Crippen LogP contribution in [0.25, 0.3) is 11.1 Å². The summed E-state index contributed by atoms with van der Waals surface area (Å²) in [6.45, 7) is 0.0682. The Morgan fingerprint density at radius 1 is 0.707 bits per heavy atom. The highest BCUT2D eigenvalue weighted by atomic mass is 16.7. The van der Waals surface area contributed by atoms with E-state index in [1.807, 2.05) is 78.9 Å². The van der Waals surface area contributed by atoms with Crippen molar-refractivity contribution in [1.29, 1.82) is 0 Å². The molecule has 0 aromatic heterocycles. The molecule has 1 N–H and O–H groups in total. The first-order chi connectivity index (χ1) is 20.0. The molecule has 0 saturated heterocycles. The number of nitrogens with one attached hydrogen (secondary N) is 1. The Bertz CT molecular complexity index is 1570. The summed E-state index contributed by atoms with van der Waals surface area (Å²) >= 11 is 0. The van der Waals surface area contributed by atoms with E-state index in [1.54, 1.807) is 12.1 Å². The van der Waals surface area contributed by atoms with Gasteiger partial charge in [-0.15, -0.1) is 0 Å². The van der Waals surface area contributed by atoms with Gasteiger partial charge < -0.3 is 14.9 Å². The third kappa shape index (κ3) is 5.07. The molecular weight excluding hydrogens is 520 g/mol. The fourth-order valence-corrected chi connectivity index (χ4v) is 5.39. The average Bonchev–Trinajstić information content (AvgIpc) is 3.46. The highest BCUT2D eigenvalue weighted by Crippen LogP contribution is 2.44. The van der Waals surface area contributed by atoms with Crippen LogP contribution in [0.1, 0.15) is 49.7 Å². The van der Waals surface area contributed by atoms with Gasteiger partial charge in [0.15, 0.2) is 0 Å². The highest BCUT2D eigenvalue weighted by Gasteiger charge is 2.40. The number of aryl methyl sites for hydroxylation is 1. The molecular formula is C33H26N2O6. The Morgan fingerprint density at radius 3 is 1.80 bits per heavy atom. The van der Waals surface area contributed by atoms with Gasteiger partial charge in [0.25, 0.3) is 11.8 Å². The van der Waals surface area contributed by atoms with E-state index in [9.17, 15) is 19.2 Å². The molecule has 4 aromatic carbocycles. The number of amides is 3. The van der Waals surface area contributed by atoms with Gasteiger partial charge in [0.05, 0.1) is 11.1 Å². The Labute approximate surface area is 236 Å². The SMILES string of the molecule is O=C(N[C@@H](CCc1ccccc1)C(=O)ON1C(=O)c2ccccc2C1=O)OCC1c2ccccc2-c2ccccc21. The Morgan fingerprint density at radius 2 is 1.22 bits per heavy atom. The van der Waals surface area contributed by atoms with Crippen LogP contribution in [0.4, 0.5) is 4.79 Å². The Balaban J connectivity index is 1.15. The second-order valence-corrected chi connectivity index (χ2v) is 9.91. The van der Waals surface area contributed by atoms with Crippen molar-refractivity contribution in [1.82, 2.24) is 10.4 Å². The first-order valence-corrected chi connectivity index (χ1v) is 13.4. The lowest BCUT2D eigenvalue weighted by Gasteiger charge is -2.21. The number of fused-ring (bicyclic) bond motifs is 4. The summed E-state index contributed by atoms with van der Waals surface area (Å²) < 4.78 is 5.63. The van der Waals surface area contributed by atoms with Gasteiger partial charge in [0.1, 0.15) is 12.6 Å². The molecule has 1 aliphatic heterocycles. The minimum Gasteiger partial charge on any atom is -0.449 e. The average molecular weight is 547 g/mol. The van der Waals surface area contributed by atoms with Gasteiger partial charge in [0.2, 0.25) is 0 Å². The van der Waals surface area contributed by atoms with Crippen LogP contribution in [-0.4, -0.2) is 41.6 Å². The van der Waals surface area contributed by atoms with Crippen LogP contribution in [0.15, 0.2) is 103 Å². The minimum absolute atomic E-state index is 0.0682. The van der Waals surface area contributed by atoms with Crippen LogP contribution < -0.4 is 5.32 Å². The number of rotatable bonds is 8. The van der Waals surface area contributed by atoms with Gasteiger partial charge in [0, 0.05) is 5.92 Å². The van der Waals surface area contributed by atoms with Crippen molar-refractivity contribution >= 4 is 23.9 Å². The molecule has 0 bridgehead atoms. The van der Waals surface area contributed by atoms with Gasteiger partial charge in [-0.3, -0.25) is 9.59 Å². The zero-order valence-electron chi connectivity index (χ0n) is 22.0. The summed E-state index contributed by atoms with van der Waals surface area (Å²) in [5.74, 6) is -2.56.